The fourth-order valence-corrected chi connectivity index (χ4v) is 4.96. The lowest BCUT2D eigenvalue weighted by molar-refractivity contribution is 0.102. The van der Waals surface area contributed by atoms with Crippen LogP contribution in [0, 0.1) is 12.8 Å². The molecule has 31 heavy (non-hydrogen) atoms. The monoisotopic (exact) mass is 477 g/mol. The van der Waals surface area contributed by atoms with Crippen LogP contribution in [0.2, 0.25) is 10.2 Å². The van der Waals surface area contributed by atoms with Gasteiger partial charge in [-0.05, 0) is 50.4 Å². The highest BCUT2D eigenvalue weighted by Gasteiger charge is 2.22. The summed E-state index contributed by atoms with van der Waals surface area (Å²) in [5.74, 6) is 0.494. The summed E-state index contributed by atoms with van der Waals surface area (Å²) in [6, 6.07) is 7.51. The average Bonchev–Trinajstić information content (AvgIpc) is 3.28. The number of hydrogen-bond donors (Lipinski definition) is 1. The lowest BCUT2D eigenvalue weighted by Crippen LogP contribution is -2.32. The lowest BCUT2D eigenvalue weighted by atomic mass is 9.99. The van der Waals surface area contributed by atoms with E-state index in [0.29, 0.717) is 28.0 Å². The number of benzene rings is 1. The van der Waals surface area contributed by atoms with Crippen LogP contribution >= 0.6 is 34.5 Å². The van der Waals surface area contributed by atoms with E-state index in [4.69, 9.17) is 23.2 Å². The van der Waals surface area contributed by atoms with Gasteiger partial charge < -0.3 is 0 Å². The zero-order chi connectivity index (χ0) is 22.0. The molecule has 4 rings (SSSR count). The molecule has 2 aromatic heterocycles. The van der Waals surface area contributed by atoms with Crippen LogP contribution in [0.4, 0.5) is 5.13 Å². The van der Waals surface area contributed by atoms with Gasteiger partial charge in [0.2, 0.25) is 0 Å². The Morgan fingerprint density at radius 2 is 1.97 bits per heavy atom. The molecule has 1 aliphatic heterocycles. The predicted octanol–water partition coefficient (Wildman–Crippen LogP) is 5.49. The molecule has 1 aromatic carbocycles. The number of halogens is 2. The van der Waals surface area contributed by atoms with Crippen molar-refractivity contribution in [2.24, 2.45) is 5.92 Å². The second-order valence-electron chi connectivity index (χ2n) is 8.06. The zero-order valence-corrected chi connectivity index (χ0v) is 19.9. The molecule has 6 nitrogen and oxygen atoms in total. The summed E-state index contributed by atoms with van der Waals surface area (Å²) >= 11 is 14.2. The van der Waals surface area contributed by atoms with Crippen LogP contribution in [-0.2, 0) is 13.1 Å². The normalized spacial score (nSPS) is 15.4. The van der Waals surface area contributed by atoms with Gasteiger partial charge in [0.05, 0.1) is 23.5 Å². The van der Waals surface area contributed by atoms with E-state index in [-0.39, 0.29) is 11.1 Å². The molecule has 0 bridgehead atoms. The standard InChI is InChI=1S/C22H25Cl2N5OS/c1-14-7-9-28(10-8-14)12-17-13-31-22(25-17)26-21(30)19-15(2)27-29(20(19)24)11-16-5-3-4-6-18(16)23/h3-6,13-14H,7-12H2,1-2H3,(H,25,26,30). The van der Waals surface area contributed by atoms with Crippen LogP contribution in [-0.4, -0.2) is 38.7 Å². The minimum absolute atomic E-state index is 0.286. The number of nitrogens with one attached hydrogen (secondary N) is 1. The van der Waals surface area contributed by atoms with E-state index >= 15 is 0 Å². The first-order valence-corrected chi connectivity index (χ1v) is 12.0. The molecule has 0 saturated carbocycles. The predicted molar refractivity (Wildman–Crippen MR) is 126 cm³/mol. The fourth-order valence-electron chi connectivity index (χ4n) is 3.75. The van der Waals surface area contributed by atoms with Crippen molar-refractivity contribution in [3.8, 4) is 0 Å². The maximum atomic E-state index is 12.9. The van der Waals surface area contributed by atoms with Crippen LogP contribution < -0.4 is 5.32 Å². The first kappa shape index (κ1) is 22.3. The molecule has 0 radical (unpaired) electrons. The van der Waals surface area contributed by atoms with Crippen molar-refractivity contribution >= 4 is 45.6 Å². The molecule has 3 aromatic rings. The highest BCUT2D eigenvalue weighted by Crippen LogP contribution is 2.26. The minimum atomic E-state index is -0.305. The number of carbonyl (C=O) groups excluding carboxylic acids is 1. The van der Waals surface area contributed by atoms with Gasteiger partial charge in [0, 0.05) is 16.9 Å². The van der Waals surface area contributed by atoms with Crippen molar-refractivity contribution in [2.45, 2.75) is 39.8 Å². The Labute approximate surface area is 196 Å². The quantitative estimate of drug-likeness (QED) is 0.509. The number of nitrogens with zero attached hydrogens (tertiary/aromatic N) is 4. The topological polar surface area (TPSA) is 63.1 Å². The second-order valence-corrected chi connectivity index (χ2v) is 9.68. The summed E-state index contributed by atoms with van der Waals surface area (Å²) in [4.78, 5) is 19.9. The molecule has 3 heterocycles. The molecule has 0 spiro atoms. The van der Waals surface area contributed by atoms with Gasteiger partial charge in [-0.25, -0.2) is 9.67 Å². The van der Waals surface area contributed by atoms with E-state index in [2.05, 4.69) is 27.2 Å². The Kier molecular flexibility index (Phi) is 6.96. The van der Waals surface area contributed by atoms with Crippen molar-refractivity contribution in [1.29, 1.82) is 0 Å². The van der Waals surface area contributed by atoms with E-state index in [1.807, 2.05) is 29.6 Å². The van der Waals surface area contributed by atoms with E-state index in [1.165, 1.54) is 24.2 Å². The van der Waals surface area contributed by atoms with Gasteiger partial charge in [0.25, 0.3) is 5.91 Å². The third-order valence-corrected chi connectivity index (χ3v) is 7.16. The van der Waals surface area contributed by atoms with Crippen molar-refractivity contribution in [1.82, 2.24) is 19.7 Å². The Bertz CT molecular complexity index is 1070. The maximum absolute atomic E-state index is 12.9. The number of anilines is 1. The fraction of sp³-hybridized carbons (Fsp3) is 0.409. The molecular formula is C22H25Cl2N5OS. The van der Waals surface area contributed by atoms with Crippen molar-refractivity contribution in [3.63, 3.8) is 0 Å². The Balaban J connectivity index is 1.43. The van der Waals surface area contributed by atoms with E-state index in [0.717, 1.165) is 36.8 Å². The number of likely N-dealkylation sites (tertiary alicyclic amines) is 1. The summed E-state index contributed by atoms with van der Waals surface area (Å²) in [6.45, 7) is 7.47. The molecule has 1 N–H and O–H groups in total. The highest BCUT2D eigenvalue weighted by molar-refractivity contribution is 7.14. The van der Waals surface area contributed by atoms with E-state index in [9.17, 15) is 4.79 Å². The minimum Gasteiger partial charge on any atom is -0.298 e. The van der Waals surface area contributed by atoms with Gasteiger partial charge in [-0.2, -0.15) is 5.10 Å². The number of piperidine rings is 1. The van der Waals surface area contributed by atoms with Gasteiger partial charge in [-0.1, -0.05) is 48.3 Å². The highest BCUT2D eigenvalue weighted by atomic mass is 35.5. The van der Waals surface area contributed by atoms with Crippen molar-refractivity contribution in [3.05, 3.63) is 62.3 Å². The molecule has 0 unspecified atom stereocenters. The number of rotatable bonds is 6. The molecule has 0 atom stereocenters. The van der Waals surface area contributed by atoms with Crippen molar-refractivity contribution in [2.75, 3.05) is 18.4 Å². The average molecular weight is 478 g/mol. The third-order valence-electron chi connectivity index (χ3n) is 5.60. The molecule has 1 aliphatic rings. The number of thiazole rings is 1. The number of amides is 1. The largest absolute Gasteiger partial charge is 0.298 e. The molecule has 0 aliphatic carbocycles. The first-order chi connectivity index (χ1) is 14.9. The number of aryl methyl sites for hydroxylation is 1. The van der Waals surface area contributed by atoms with Crippen LogP contribution in [0.3, 0.4) is 0 Å². The van der Waals surface area contributed by atoms with Gasteiger partial charge in [-0.3, -0.25) is 15.0 Å². The molecular weight excluding hydrogens is 453 g/mol. The van der Waals surface area contributed by atoms with Gasteiger partial charge >= 0.3 is 0 Å². The second kappa shape index (κ2) is 9.69. The number of aromatic nitrogens is 3. The Morgan fingerprint density at radius 1 is 1.23 bits per heavy atom. The van der Waals surface area contributed by atoms with Gasteiger partial charge in [0.15, 0.2) is 5.13 Å². The summed E-state index contributed by atoms with van der Waals surface area (Å²) in [6.07, 6.45) is 2.45. The van der Waals surface area contributed by atoms with Crippen LogP contribution in [0.1, 0.15) is 47.1 Å². The lowest BCUT2D eigenvalue weighted by Gasteiger charge is -2.29. The molecule has 1 fully saturated rings. The van der Waals surface area contributed by atoms with E-state index in [1.54, 1.807) is 11.6 Å². The van der Waals surface area contributed by atoms with E-state index < -0.39 is 0 Å². The Morgan fingerprint density at radius 3 is 2.71 bits per heavy atom. The molecule has 9 heteroatoms. The Hall–Kier alpha value is -1.93. The zero-order valence-electron chi connectivity index (χ0n) is 17.6. The van der Waals surface area contributed by atoms with Gasteiger partial charge in [-0.15, -0.1) is 11.3 Å². The maximum Gasteiger partial charge on any atom is 0.262 e. The van der Waals surface area contributed by atoms with Crippen LogP contribution in [0.15, 0.2) is 29.6 Å². The third kappa shape index (κ3) is 5.29. The van der Waals surface area contributed by atoms with Crippen LogP contribution in [0.25, 0.3) is 0 Å². The summed E-state index contributed by atoms with van der Waals surface area (Å²) in [5.41, 5.74) is 2.79. The SMILES string of the molecule is Cc1nn(Cc2ccccc2Cl)c(Cl)c1C(=O)Nc1nc(CN2CCC(C)CC2)cs1. The summed E-state index contributed by atoms with van der Waals surface area (Å²) in [5, 5.41) is 10.8. The summed E-state index contributed by atoms with van der Waals surface area (Å²) in [7, 11) is 0. The molecule has 164 valence electrons. The molecule has 1 amide bonds. The number of carbonyl (C=O) groups is 1. The van der Waals surface area contributed by atoms with Gasteiger partial charge in [0.1, 0.15) is 5.15 Å². The van der Waals surface area contributed by atoms with Crippen molar-refractivity contribution < 1.29 is 4.79 Å². The first-order valence-electron chi connectivity index (χ1n) is 10.3. The smallest absolute Gasteiger partial charge is 0.262 e. The van der Waals surface area contributed by atoms with Crippen LogP contribution in [0.5, 0.6) is 0 Å². The molecule has 1 saturated heterocycles. The number of hydrogen-bond acceptors (Lipinski definition) is 5. The summed E-state index contributed by atoms with van der Waals surface area (Å²) < 4.78 is 1.59.